The highest BCUT2D eigenvalue weighted by atomic mass is 35.5. The number of esters is 1. The molecule has 1 heterocycles. The maximum atomic E-state index is 12.4. The summed E-state index contributed by atoms with van der Waals surface area (Å²) < 4.78 is 5.05. The van der Waals surface area contributed by atoms with Gasteiger partial charge in [0, 0.05) is 16.4 Å². The van der Waals surface area contributed by atoms with Crippen molar-refractivity contribution in [2.75, 3.05) is 12.4 Å². The molecule has 0 unspecified atom stereocenters. The van der Waals surface area contributed by atoms with E-state index in [0.717, 1.165) is 41.8 Å². The Labute approximate surface area is 174 Å². The second-order valence-electron chi connectivity index (χ2n) is 6.55. The zero-order chi connectivity index (χ0) is 19.2. The minimum Gasteiger partial charge on any atom is -0.465 e. The smallest absolute Gasteiger partial charge is 0.341 e. The number of hydrogen-bond donors (Lipinski definition) is 2. The lowest BCUT2D eigenvalue weighted by molar-refractivity contribution is 0.0601. The highest BCUT2D eigenvalue weighted by molar-refractivity contribution is 7.80. The van der Waals surface area contributed by atoms with Gasteiger partial charge in [0.15, 0.2) is 5.11 Å². The zero-order valence-electron chi connectivity index (χ0n) is 15.3. The molecule has 1 aliphatic rings. The molecule has 27 heavy (non-hydrogen) atoms. The molecule has 4 nitrogen and oxygen atoms in total. The van der Waals surface area contributed by atoms with Crippen molar-refractivity contribution in [3.8, 4) is 0 Å². The summed E-state index contributed by atoms with van der Waals surface area (Å²) in [6, 6.07) is 7.61. The van der Waals surface area contributed by atoms with Crippen LogP contribution in [0.1, 0.15) is 52.0 Å². The Balaban J connectivity index is 1.74. The Hall–Kier alpha value is -1.63. The van der Waals surface area contributed by atoms with Gasteiger partial charge in [0.2, 0.25) is 0 Å². The molecule has 0 aliphatic heterocycles. The van der Waals surface area contributed by atoms with E-state index in [1.807, 2.05) is 24.3 Å². The summed E-state index contributed by atoms with van der Waals surface area (Å²) in [5.41, 5.74) is 2.86. The molecular formula is C20H23ClN2O2S2. The fraction of sp³-hybridized carbons (Fsp3) is 0.400. The van der Waals surface area contributed by atoms with Crippen molar-refractivity contribution in [3.63, 3.8) is 0 Å². The molecule has 144 valence electrons. The third-order valence-electron chi connectivity index (χ3n) is 4.65. The fourth-order valence-corrected chi connectivity index (χ4v) is 4.90. The monoisotopic (exact) mass is 422 g/mol. The summed E-state index contributed by atoms with van der Waals surface area (Å²) in [5, 5.41) is 8.38. The summed E-state index contributed by atoms with van der Waals surface area (Å²) in [6.07, 6.45) is 6.65. The molecule has 2 N–H and O–H groups in total. The molecule has 7 heteroatoms. The minimum atomic E-state index is -0.295. The quantitative estimate of drug-likeness (QED) is 0.514. The first-order valence-electron chi connectivity index (χ1n) is 9.10. The van der Waals surface area contributed by atoms with Gasteiger partial charge in [-0.2, -0.15) is 0 Å². The van der Waals surface area contributed by atoms with Crippen LogP contribution in [0.4, 0.5) is 5.00 Å². The summed E-state index contributed by atoms with van der Waals surface area (Å²) in [6.45, 7) is 0.585. The number of anilines is 1. The molecular weight excluding hydrogens is 400 g/mol. The standard InChI is InChI=1S/C20H23ClN2O2S2/c1-25-19(24)17-15-6-4-2-3-5-7-16(15)27-18(17)23-20(26)22-12-13-8-10-14(21)11-9-13/h8-11H,2-7,12H2,1H3,(H2,22,23,26). The number of aryl methyl sites for hydroxylation is 1. The van der Waals surface area contributed by atoms with E-state index in [1.165, 1.54) is 24.8 Å². The third kappa shape index (κ3) is 5.21. The van der Waals surface area contributed by atoms with Crippen molar-refractivity contribution >= 4 is 51.2 Å². The third-order valence-corrected chi connectivity index (χ3v) is 6.36. The lowest BCUT2D eigenvalue weighted by Crippen LogP contribution is -2.28. The van der Waals surface area contributed by atoms with E-state index < -0.39 is 0 Å². The van der Waals surface area contributed by atoms with Crippen molar-refractivity contribution < 1.29 is 9.53 Å². The average molecular weight is 423 g/mol. The predicted octanol–water partition coefficient (Wildman–Crippen LogP) is 5.33. The van der Waals surface area contributed by atoms with Crippen LogP contribution in [-0.2, 0) is 24.1 Å². The molecule has 1 aliphatic carbocycles. The van der Waals surface area contributed by atoms with Gasteiger partial charge in [-0.1, -0.05) is 36.6 Å². The van der Waals surface area contributed by atoms with Crippen LogP contribution in [0.15, 0.2) is 24.3 Å². The van der Waals surface area contributed by atoms with Crippen LogP contribution < -0.4 is 10.6 Å². The SMILES string of the molecule is COC(=O)c1c(NC(=S)NCc2ccc(Cl)cc2)sc2c1CCCCCC2. The number of hydrogen-bond acceptors (Lipinski definition) is 4. The molecule has 0 bridgehead atoms. The van der Waals surface area contributed by atoms with Crippen molar-refractivity contribution in [2.24, 2.45) is 0 Å². The van der Waals surface area contributed by atoms with Gasteiger partial charge in [-0.3, -0.25) is 0 Å². The van der Waals surface area contributed by atoms with Crippen molar-refractivity contribution in [1.29, 1.82) is 0 Å². The van der Waals surface area contributed by atoms with Gasteiger partial charge in [0.05, 0.1) is 12.7 Å². The van der Waals surface area contributed by atoms with E-state index in [4.69, 9.17) is 28.6 Å². The first-order valence-corrected chi connectivity index (χ1v) is 10.7. The minimum absolute atomic E-state index is 0.295. The van der Waals surface area contributed by atoms with E-state index in [9.17, 15) is 4.79 Å². The topological polar surface area (TPSA) is 50.4 Å². The highest BCUT2D eigenvalue weighted by Crippen LogP contribution is 2.37. The Morgan fingerprint density at radius 1 is 1.19 bits per heavy atom. The number of methoxy groups -OCH3 is 1. The molecule has 0 radical (unpaired) electrons. The molecule has 0 saturated carbocycles. The van der Waals surface area contributed by atoms with Gasteiger partial charge in [-0.15, -0.1) is 11.3 Å². The Morgan fingerprint density at radius 3 is 2.59 bits per heavy atom. The van der Waals surface area contributed by atoms with E-state index in [0.29, 0.717) is 22.2 Å². The van der Waals surface area contributed by atoms with Gasteiger partial charge < -0.3 is 15.4 Å². The molecule has 1 aromatic heterocycles. The average Bonchev–Trinajstić information content (AvgIpc) is 2.96. The number of ether oxygens (including phenoxy) is 1. The fourth-order valence-electron chi connectivity index (χ4n) is 3.26. The van der Waals surface area contributed by atoms with Crippen LogP contribution in [0, 0.1) is 0 Å². The van der Waals surface area contributed by atoms with Crippen LogP contribution in [-0.4, -0.2) is 18.2 Å². The summed E-state index contributed by atoms with van der Waals surface area (Å²) in [4.78, 5) is 13.7. The van der Waals surface area contributed by atoms with Gasteiger partial charge in [-0.05, 0) is 61.2 Å². The predicted molar refractivity (Wildman–Crippen MR) is 116 cm³/mol. The first-order chi connectivity index (χ1) is 13.1. The Bertz CT molecular complexity index is 818. The van der Waals surface area contributed by atoms with Gasteiger partial charge in [0.1, 0.15) is 5.00 Å². The molecule has 0 saturated heterocycles. The number of carbonyl (C=O) groups is 1. The molecule has 3 rings (SSSR count). The lowest BCUT2D eigenvalue weighted by atomic mass is 9.96. The normalized spacial score (nSPS) is 13.9. The van der Waals surface area contributed by atoms with Crippen LogP contribution in [0.25, 0.3) is 0 Å². The maximum absolute atomic E-state index is 12.4. The van der Waals surface area contributed by atoms with Gasteiger partial charge >= 0.3 is 5.97 Å². The number of rotatable bonds is 4. The van der Waals surface area contributed by atoms with Crippen LogP contribution in [0.3, 0.4) is 0 Å². The molecule has 0 spiro atoms. The van der Waals surface area contributed by atoms with E-state index in [-0.39, 0.29) is 5.97 Å². The van der Waals surface area contributed by atoms with Crippen molar-refractivity contribution in [1.82, 2.24) is 5.32 Å². The maximum Gasteiger partial charge on any atom is 0.341 e. The Kier molecular flexibility index (Phi) is 7.10. The number of halogens is 1. The largest absolute Gasteiger partial charge is 0.465 e. The number of carbonyl (C=O) groups excluding carboxylic acids is 1. The number of thiocarbonyl (C=S) groups is 1. The first kappa shape index (κ1) is 20.1. The second kappa shape index (κ2) is 9.53. The van der Waals surface area contributed by atoms with Crippen LogP contribution in [0.2, 0.25) is 5.02 Å². The lowest BCUT2D eigenvalue weighted by Gasteiger charge is -2.12. The van der Waals surface area contributed by atoms with Crippen LogP contribution >= 0.6 is 35.2 Å². The van der Waals surface area contributed by atoms with Gasteiger partial charge in [0.25, 0.3) is 0 Å². The van der Waals surface area contributed by atoms with Crippen molar-refractivity contribution in [3.05, 3.63) is 50.9 Å². The van der Waals surface area contributed by atoms with Crippen molar-refractivity contribution in [2.45, 2.75) is 45.1 Å². The van der Waals surface area contributed by atoms with E-state index in [1.54, 1.807) is 11.3 Å². The molecule has 0 fully saturated rings. The van der Waals surface area contributed by atoms with Crippen LogP contribution in [0.5, 0.6) is 0 Å². The van der Waals surface area contributed by atoms with E-state index >= 15 is 0 Å². The van der Waals surface area contributed by atoms with E-state index in [2.05, 4.69) is 10.6 Å². The number of nitrogens with one attached hydrogen (secondary N) is 2. The summed E-state index contributed by atoms with van der Waals surface area (Å²) in [7, 11) is 1.43. The Morgan fingerprint density at radius 2 is 1.89 bits per heavy atom. The van der Waals surface area contributed by atoms with Gasteiger partial charge in [-0.25, -0.2) is 4.79 Å². The molecule has 0 amide bonds. The molecule has 2 aromatic rings. The number of thiophene rings is 1. The second-order valence-corrected chi connectivity index (χ2v) is 8.50. The number of benzene rings is 1. The molecule has 0 atom stereocenters. The highest BCUT2D eigenvalue weighted by Gasteiger charge is 2.25. The summed E-state index contributed by atoms with van der Waals surface area (Å²) in [5.74, 6) is -0.295. The number of fused-ring (bicyclic) bond motifs is 1. The zero-order valence-corrected chi connectivity index (χ0v) is 17.7. The summed E-state index contributed by atoms with van der Waals surface area (Å²) >= 11 is 13.0. The molecule has 1 aromatic carbocycles.